The highest BCUT2D eigenvalue weighted by molar-refractivity contribution is 7.15. The maximum atomic E-state index is 12.2. The summed E-state index contributed by atoms with van der Waals surface area (Å²) in [7, 11) is 0. The van der Waals surface area contributed by atoms with Crippen molar-refractivity contribution >= 4 is 28.6 Å². The SMILES string of the molecule is CC1CCN(c2cnn(Cc3nnc(Cl)s3)c(=O)c2)CC1. The largest absolute Gasteiger partial charge is 0.370 e. The minimum Gasteiger partial charge on any atom is -0.370 e. The highest BCUT2D eigenvalue weighted by atomic mass is 35.5. The average molecular weight is 326 g/mol. The van der Waals surface area contributed by atoms with Crippen LogP contribution >= 0.6 is 22.9 Å². The molecule has 0 amide bonds. The second kappa shape index (κ2) is 6.11. The third-order valence-electron chi connectivity index (χ3n) is 3.73. The van der Waals surface area contributed by atoms with E-state index in [2.05, 4.69) is 27.1 Å². The molecule has 1 saturated heterocycles. The zero-order chi connectivity index (χ0) is 14.8. The van der Waals surface area contributed by atoms with E-state index in [0.717, 1.165) is 37.5 Å². The first-order chi connectivity index (χ1) is 10.1. The van der Waals surface area contributed by atoms with Crippen LogP contribution in [0.25, 0.3) is 0 Å². The van der Waals surface area contributed by atoms with E-state index in [1.54, 1.807) is 12.3 Å². The Kier molecular flexibility index (Phi) is 4.21. The first kappa shape index (κ1) is 14.5. The van der Waals surface area contributed by atoms with Crippen LogP contribution in [0.4, 0.5) is 5.69 Å². The second-order valence-corrected chi connectivity index (χ2v) is 6.97. The number of piperidine rings is 1. The fourth-order valence-corrected chi connectivity index (χ4v) is 3.26. The van der Waals surface area contributed by atoms with Crippen molar-refractivity contribution in [3.8, 4) is 0 Å². The molecule has 0 saturated carbocycles. The molecule has 8 heteroatoms. The number of rotatable bonds is 3. The van der Waals surface area contributed by atoms with E-state index in [4.69, 9.17) is 11.6 Å². The Bertz CT molecular complexity index is 677. The van der Waals surface area contributed by atoms with Gasteiger partial charge < -0.3 is 4.90 Å². The number of hydrogen-bond acceptors (Lipinski definition) is 6. The van der Waals surface area contributed by atoms with Gasteiger partial charge in [0.25, 0.3) is 5.56 Å². The molecule has 0 atom stereocenters. The highest BCUT2D eigenvalue weighted by Gasteiger charge is 2.17. The van der Waals surface area contributed by atoms with E-state index >= 15 is 0 Å². The molecule has 112 valence electrons. The van der Waals surface area contributed by atoms with Gasteiger partial charge in [0.1, 0.15) is 5.01 Å². The summed E-state index contributed by atoms with van der Waals surface area (Å²) in [5.41, 5.74) is 0.774. The van der Waals surface area contributed by atoms with Crippen LogP contribution in [-0.2, 0) is 6.54 Å². The van der Waals surface area contributed by atoms with Crippen molar-refractivity contribution in [3.63, 3.8) is 0 Å². The summed E-state index contributed by atoms with van der Waals surface area (Å²) in [5.74, 6) is 0.761. The van der Waals surface area contributed by atoms with Gasteiger partial charge in [0.15, 0.2) is 0 Å². The van der Waals surface area contributed by atoms with Gasteiger partial charge in [0.05, 0.1) is 18.4 Å². The third-order valence-corrected chi connectivity index (χ3v) is 4.73. The summed E-state index contributed by atoms with van der Waals surface area (Å²) in [6.45, 7) is 4.54. The average Bonchev–Trinajstić information content (AvgIpc) is 2.87. The van der Waals surface area contributed by atoms with Gasteiger partial charge in [-0.3, -0.25) is 4.79 Å². The van der Waals surface area contributed by atoms with Crippen LogP contribution in [0.5, 0.6) is 0 Å². The van der Waals surface area contributed by atoms with Crippen molar-refractivity contribution in [1.82, 2.24) is 20.0 Å². The molecular formula is C13H16ClN5OS. The smallest absolute Gasteiger partial charge is 0.269 e. The van der Waals surface area contributed by atoms with Gasteiger partial charge in [0, 0.05) is 19.2 Å². The van der Waals surface area contributed by atoms with Gasteiger partial charge in [-0.2, -0.15) is 5.10 Å². The van der Waals surface area contributed by atoms with Crippen LogP contribution in [0.2, 0.25) is 4.47 Å². The fourth-order valence-electron chi connectivity index (χ4n) is 2.41. The molecule has 6 nitrogen and oxygen atoms in total. The molecule has 2 aromatic rings. The highest BCUT2D eigenvalue weighted by Crippen LogP contribution is 2.21. The van der Waals surface area contributed by atoms with Gasteiger partial charge >= 0.3 is 0 Å². The minimum absolute atomic E-state index is 0.127. The fraction of sp³-hybridized carbons (Fsp3) is 0.538. The first-order valence-electron chi connectivity index (χ1n) is 6.92. The minimum atomic E-state index is -0.127. The molecule has 2 aromatic heterocycles. The Hall–Kier alpha value is -1.47. The number of hydrogen-bond donors (Lipinski definition) is 0. The predicted molar refractivity (Wildman–Crippen MR) is 83.1 cm³/mol. The summed E-state index contributed by atoms with van der Waals surface area (Å²) < 4.78 is 1.75. The van der Waals surface area contributed by atoms with Crippen molar-refractivity contribution in [1.29, 1.82) is 0 Å². The Morgan fingerprint density at radius 1 is 1.38 bits per heavy atom. The normalized spacial score (nSPS) is 16.4. The summed E-state index contributed by atoms with van der Waals surface area (Å²) in [6, 6.07) is 1.64. The van der Waals surface area contributed by atoms with Gasteiger partial charge in [0.2, 0.25) is 4.47 Å². The summed E-state index contributed by atoms with van der Waals surface area (Å²) >= 11 is 6.99. The molecule has 1 fully saturated rings. The summed E-state index contributed by atoms with van der Waals surface area (Å²) in [6.07, 6.45) is 4.07. The van der Waals surface area contributed by atoms with Crippen LogP contribution in [0.15, 0.2) is 17.1 Å². The molecule has 21 heavy (non-hydrogen) atoms. The van der Waals surface area contributed by atoms with Gasteiger partial charge in [-0.15, -0.1) is 10.2 Å². The Labute approximate surface area is 131 Å². The maximum absolute atomic E-state index is 12.2. The van der Waals surface area contributed by atoms with E-state index in [1.165, 1.54) is 16.0 Å². The molecule has 0 N–H and O–H groups in total. The van der Waals surface area contributed by atoms with Crippen LogP contribution < -0.4 is 10.5 Å². The number of aromatic nitrogens is 4. The Balaban J connectivity index is 1.75. The van der Waals surface area contributed by atoms with Gasteiger partial charge in [-0.25, -0.2) is 4.68 Å². The van der Waals surface area contributed by atoms with Gasteiger partial charge in [-0.05, 0) is 30.4 Å². The molecule has 0 aromatic carbocycles. The van der Waals surface area contributed by atoms with Crippen LogP contribution in [-0.4, -0.2) is 33.1 Å². The summed E-state index contributed by atoms with van der Waals surface area (Å²) in [4.78, 5) is 14.4. The zero-order valence-corrected chi connectivity index (χ0v) is 13.3. The molecule has 0 aliphatic carbocycles. The summed E-state index contributed by atoms with van der Waals surface area (Å²) in [5, 5.41) is 12.5. The zero-order valence-electron chi connectivity index (χ0n) is 11.7. The lowest BCUT2D eigenvalue weighted by atomic mass is 9.99. The molecule has 3 rings (SSSR count). The van der Waals surface area contributed by atoms with E-state index in [1.807, 2.05) is 0 Å². The lowest BCUT2D eigenvalue weighted by Gasteiger charge is -2.31. The predicted octanol–water partition coefficient (Wildman–Crippen LogP) is 2.03. The lowest BCUT2D eigenvalue weighted by molar-refractivity contribution is 0.437. The molecule has 3 heterocycles. The van der Waals surface area contributed by atoms with Crippen molar-refractivity contribution in [2.24, 2.45) is 5.92 Å². The van der Waals surface area contributed by atoms with Crippen LogP contribution in [0.3, 0.4) is 0 Å². The Morgan fingerprint density at radius 3 is 2.76 bits per heavy atom. The van der Waals surface area contributed by atoms with Crippen molar-refractivity contribution < 1.29 is 0 Å². The maximum Gasteiger partial charge on any atom is 0.269 e. The van der Waals surface area contributed by atoms with Crippen molar-refractivity contribution in [2.45, 2.75) is 26.3 Å². The monoisotopic (exact) mass is 325 g/mol. The van der Waals surface area contributed by atoms with Crippen LogP contribution in [0.1, 0.15) is 24.8 Å². The number of anilines is 1. The van der Waals surface area contributed by atoms with Gasteiger partial charge in [-0.1, -0.05) is 18.3 Å². The molecule has 1 aliphatic heterocycles. The van der Waals surface area contributed by atoms with Crippen molar-refractivity contribution in [2.75, 3.05) is 18.0 Å². The third kappa shape index (κ3) is 3.41. The molecule has 0 unspecified atom stereocenters. The molecule has 0 radical (unpaired) electrons. The van der Waals surface area contributed by atoms with Crippen LogP contribution in [0, 0.1) is 5.92 Å². The Morgan fingerprint density at radius 2 is 2.14 bits per heavy atom. The number of nitrogens with zero attached hydrogens (tertiary/aromatic N) is 5. The molecular weight excluding hydrogens is 310 g/mol. The number of halogens is 1. The van der Waals surface area contributed by atoms with Crippen molar-refractivity contribution in [3.05, 3.63) is 32.1 Å². The van der Waals surface area contributed by atoms with E-state index in [-0.39, 0.29) is 5.56 Å². The van der Waals surface area contributed by atoms with E-state index in [0.29, 0.717) is 16.0 Å². The quantitative estimate of drug-likeness (QED) is 0.864. The standard InChI is InChI=1S/C13H16ClN5OS/c1-9-2-4-18(5-3-9)10-6-12(20)19(15-7-10)8-11-16-17-13(14)21-11/h6-7,9H,2-5,8H2,1H3. The topological polar surface area (TPSA) is 63.9 Å². The van der Waals surface area contributed by atoms with E-state index in [9.17, 15) is 4.79 Å². The molecule has 1 aliphatic rings. The first-order valence-corrected chi connectivity index (χ1v) is 8.11. The lowest BCUT2D eigenvalue weighted by Crippen LogP contribution is -2.34. The molecule has 0 spiro atoms. The second-order valence-electron chi connectivity index (χ2n) is 5.33. The van der Waals surface area contributed by atoms with E-state index < -0.39 is 0 Å². The molecule has 0 bridgehead atoms.